The van der Waals surface area contributed by atoms with Crippen molar-refractivity contribution in [1.82, 2.24) is 19.7 Å². The molecule has 114 valence electrons. The van der Waals surface area contributed by atoms with E-state index in [9.17, 15) is 4.79 Å². The molecule has 5 nitrogen and oxygen atoms in total. The first kappa shape index (κ1) is 15.9. The van der Waals surface area contributed by atoms with E-state index in [0.29, 0.717) is 11.3 Å². The highest BCUT2D eigenvalue weighted by atomic mass is 32.1. The van der Waals surface area contributed by atoms with Crippen LogP contribution in [-0.4, -0.2) is 32.6 Å². The number of aromatic nitrogens is 3. The Labute approximate surface area is 133 Å². The van der Waals surface area contributed by atoms with Gasteiger partial charge in [0, 0.05) is 18.3 Å². The van der Waals surface area contributed by atoms with E-state index >= 15 is 0 Å². The van der Waals surface area contributed by atoms with Crippen LogP contribution in [0.4, 0.5) is 0 Å². The van der Waals surface area contributed by atoms with Crippen molar-refractivity contribution in [3.05, 3.63) is 32.5 Å². The Morgan fingerprint density at radius 2 is 2.33 bits per heavy atom. The number of carbonyl (C=O) groups is 1. The predicted molar refractivity (Wildman–Crippen MR) is 86.9 cm³/mol. The predicted octanol–water partition coefficient (Wildman–Crippen LogP) is 2.92. The number of hydrogen-bond donors (Lipinski definition) is 1. The van der Waals surface area contributed by atoms with Crippen molar-refractivity contribution in [2.24, 2.45) is 0 Å². The molecule has 0 aliphatic heterocycles. The Morgan fingerprint density at radius 3 is 2.95 bits per heavy atom. The van der Waals surface area contributed by atoms with E-state index in [1.165, 1.54) is 10.4 Å². The van der Waals surface area contributed by atoms with Gasteiger partial charge in [0.05, 0.1) is 6.54 Å². The number of likely N-dealkylation sites (N-methyl/N-ethyl adjacent to an activating group) is 1. The SMILES string of the molecule is CCCc1n[nH]c(=S)n1CC(=O)N(C)Cc1sccc1C. The maximum Gasteiger partial charge on any atom is 0.242 e. The summed E-state index contributed by atoms with van der Waals surface area (Å²) in [5.41, 5.74) is 1.23. The molecule has 2 rings (SSSR count). The minimum atomic E-state index is 0.0395. The summed E-state index contributed by atoms with van der Waals surface area (Å²) in [4.78, 5) is 15.3. The van der Waals surface area contributed by atoms with E-state index in [1.807, 2.05) is 7.05 Å². The molecule has 0 fully saturated rings. The molecule has 0 radical (unpaired) electrons. The molecule has 0 aromatic carbocycles. The summed E-state index contributed by atoms with van der Waals surface area (Å²) in [6.45, 7) is 5.02. The van der Waals surface area contributed by atoms with Crippen LogP contribution in [0.15, 0.2) is 11.4 Å². The van der Waals surface area contributed by atoms with Gasteiger partial charge in [-0.25, -0.2) is 0 Å². The van der Waals surface area contributed by atoms with E-state index in [2.05, 4.69) is 35.5 Å². The summed E-state index contributed by atoms with van der Waals surface area (Å²) in [7, 11) is 1.82. The molecule has 0 aliphatic rings. The van der Waals surface area contributed by atoms with Crippen molar-refractivity contribution >= 4 is 29.5 Å². The minimum absolute atomic E-state index is 0.0395. The second kappa shape index (κ2) is 7.00. The summed E-state index contributed by atoms with van der Waals surface area (Å²) in [6.07, 6.45) is 1.78. The number of carbonyl (C=O) groups excluding carboxylic acids is 1. The van der Waals surface area contributed by atoms with Gasteiger partial charge in [0.2, 0.25) is 5.91 Å². The van der Waals surface area contributed by atoms with Crippen LogP contribution < -0.4 is 0 Å². The zero-order valence-electron chi connectivity index (χ0n) is 12.5. The van der Waals surface area contributed by atoms with Gasteiger partial charge in [-0.15, -0.1) is 11.3 Å². The van der Waals surface area contributed by atoms with Crippen LogP contribution in [0.3, 0.4) is 0 Å². The number of aromatic amines is 1. The fourth-order valence-electron chi connectivity index (χ4n) is 2.05. The van der Waals surface area contributed by atoms with E-state index in [-0.39, 0.29) is 12.5 Å². The number of hydrogen-bond acceptors (Lipinski definition) is 4. The lowest BCUT2D eigenvalue weighted by Gasteiger charge is -2.17. The van der Waals surface area contributed by atoms with Crippen LogP contribution in [0.1, 0.15) is 29.6 Å². The average molecular weight is 324 g/mol. The van der Waals surface area contributed by atoms with Gasteiger partial charge >= 0.3 is 0 Å². The normalized spacial score (nSPS) is 10.8. The highest BCUT2D eigenvalue weighted by molar-refractivity contribution is 7.71. The van der Waals surface area contributed by atoms with Crippen LogP contribution in [0, 0.1) is 11.7 Å². The van der Waals surface area contributed by atoms with Crippen molar-refractivity contribution < 1.29 is 4.79 Å². The number of aryl methyl sites for hydroxylation is 2. The quantitative estimate of drug-likeness (QED) is 0.831. The van der Waals surface area contributed by atoms with Crippen LogP contribution >= 0.6 is 23.6 Å². The molecule has 21 heavy (non-hydrogen) atoms. The lowest BCUT2D eigenvalue weighted by Crippen LogP contribution is -2.30. The summed E-state index contributed by atoms with van der Waals surface area (Å²) in [5, 5.41) is 9.00. The minimum Gasteiger partial charge on any atom is -0.339 e. The van der Waals surface area contributed by atoms with Crippen molar-refractivity contribution in [3.63, 3.8) is 0 Å². The topological polar surface area (TPSA) is 53.9 Å². The zero-order chi connectivity index (χ0) is 15.4. The van der Waals surface area contributed by atoms with Crippen LogP contribution in [0.25, 0.3) is 0 Å². The molecule has 1 amide bonds. The highest BCUT2D eigenvalue weighted by Crippen LogP contribution is 2.17. The van der Waals surface area contributed by atoms with Crippen LogP contribution in [0.2, 0.25) is 0 Å². The van der Waals surface area contributed by atoms with E-state index in [0.717, 1.165) is 18.7 Å². The van der Waals surface area contributed by atoms with Crippen molar-refractivity contribution in [2.45, 2.75) is 39.8 Å². The highest BCUT2D eigenvalue weighted by Gasteiger charge is 2.15. The Hall–Kier alpha value is -1.47. The van der Waals surface area contributed by atoms with Gasteiger partial charge in [-0.3, -0.25) is 14.5 Å². The molecule has 0 unspecified atom stereocenters. The smallest absolute Gasteiger partial charge is 0.242 e. The molecule has 2 heterocycles. The van der Waals surface area contributed by atoms with Crippen LogP contribution in [-0.2, 0) is 24.3 Å². The van der Waals surface area contributed by atoms with E-state index in [1.54, 1.807) is 20.8 Å². The number of H-pyrrole nitrogens is 1. The number of nitrogens with one attached hydrogen (secondary N) is 1. The molecule has 7 heteroatoms. The zero-order valence-corrected chi connectivity index (χ0v) is 14.2. The fourth-order valence-corrected chi connectivity index (χ4v) is 3.23. The molecule has 2 aromatic rings. The fraction of sp³-hybridized carbons (Fsp3) is 0.500. The lowest BCUT2D eigenvalue weighted by molar-refractivity contribution is -0.131. The molecule has 2 aromatic heterocycles. The van der Waals surface area contributed by atoms with Gasteiger partial charge < -0.3 is 4.90 Å². The van der Waals surface area contributed by atoms with Gasteiger partial charge in [0.1, 0.15) is 12.4 Å². The molecule has 0 bridgehead atoms. The van der Waals surface area contributed by atoms with Crippen LogP contribution in [0.5, 0.6) is 0 Å². The largest absolute Gasteiger partial charge is 0.339 e. The molecule has 0 saturated heterocycles. The average Bonchev–Trinajstić information content (AvgIpc) is 2.99. The third-order valence-electron chi connectivity index (χ3n) is 3.38. The second-order valence-electron chi connectivity index (χ2n) is 5.06. The van der Waals surface area contributed by atoms with Gasteiger partial charge in [-0.1, -0.05) is 6.92 Å². The van der Waals surface area contributed by atoms with Crippen molar-refractivity contribution in [1.29, 1.82) is 0 Å². The first-order valence-electron chi connectivity index (χ1n) is 6.94. The van der Waals surface area contributed by atoms with Gasteiger partial charge in [-0.05, 0) is 42.6 Å². The van der Waals surface area contributed by atoms with Gasteiger partial charge in [0.15, 0.2) is 4.77 Å². The standard InChI is InChI=1S/C14H20N4OS2/c1-4-5-12-15-16-14(20)18(12)9-13(19)17(3)8-11-10(2)6-7-21-11/h6-7H,4-5,8-9H2,1-3H3,(H,16,20). The Kier molecular flexibility index (Phi) is 5.30. The maximum absolute atomic E-state index is 12.4. The van der Waals surface area contributed by atoms with Gasteiger partial charge in [-0.2, -0.15) is 5.10 Å². The molecule has 1 N–H and O–H groups in total. The first-order valence-corrected chi connectivity index (χ1v) is 8.22. The van der Waals surface area contributed by atoms with Crippen molar-refractivity contribution in [3.8, 4) is 0 Å². The summed E-state index contributed by atoms with van der Waals surface area (Å²) in [5.74, 6) is 0.884. The molecular weight excluding hydrogens is 304 g/mol. The molecule has 0 aliphatic carbocycles. The third-order valence-corrected chi connectivity index (χ3v) is 4.70. The monoisotopic (exact) mass is 324 g/mol. The summed E-state index contributed by atoms with van der Waals surface area (Å²) >= 11 is 6.88. The lowest BCUT2D eigenvalue weighted by atomic mass is 10.3. The Bertz CT molecular complexity index is 671. The number of thiophene rings is 1. The number of amides is 1. The van der Waals surface area contributed by atoms with Gasteiger partial charge in [0.25, 0.3) is 0 Å². The molecule has 0 saturated carbocycles. The van der Waals surface area contributed by atoms with E-state index in [4.69, 9.17) is 12.2 Å². The van der Waals surface area contributed by atoms with Crippen molar-refractivity contribution in [2.75, 3.05) is 7.05 Å². The maximum atomic E-state index is 12.4. The third kappa shape index (κ3) is 3.79. The Balaban J connectivity index is 2.06. The number of rotatable bonds is 6. The summed E-state index contributed by atoms with van der Waals surface area (Å²) < 4.78 is 2.30. The number of nitrogens with zero attached hydrogens (tertiary/aromatic N) is 3. The Morgan fingerprint density at radius 1 is 1.57 bits per heavy atom. The van der Waals surface area contributed by atoms with E-state index < -0.39 is 0 Å². The molecule has 0 atom stereocenters. The molecule has 0 spiro atoms. The molecular formula is C14H20N4OS2. The first-order chi connectivity index (χ1) is 10.0. The summed E-state index contributed by atoms with van der Waals surface area (Å²) in [6, 6.07) is 2.07. The second-order valence-corrected chi connectivity index (χ2v) is 6.45.